The van der Waals surface area contributed by atoms with E-state index in [1.165, 1.54) is 19.3 Å². The lowest BCUT2D eigenvalue weighted by molar-refractivity contribution is -0.128. The van der Waals surface area contributed by atoms with E-state index in [0.717, 1.165) is 25.8 Å². The average molecular weight is 265 g/mol. The summed E-state index contributed by atoms with van der Waals surface area (Å²) in [6, 6.07) is 0. The second-order valence-electron chi connectivity index (χ2n) is 5.08. The molecule has 106 valence electrons. The lowest BCUT2D eigenvalue weighted by atomic mass is 9.98. The zero-order valence-electron chi connectivity index (χ0n) is 11.4. The molecule has 0 saturated heterocycles. The molecule has 0 spiro atoms. The van der Waals surface area contributed by atoms with Crippen molar-refractivity contribution in [3.63, 3.8) is 0 Å². The Morgan fingerprint density at radius 2 is 2.21 bits per heavy atom. The summed E-state index contributed by atoms with van der Waals surface area (Å²) >= 11 is 0. The summed E-state index contributed by atoms with van der Waals surface area (Å²) in [5.41, 5.74) is 0. The molecule has 5 heteroatoms. The molecule has 1 saturated carbocycles. The van der Waals surface area contributed by atoms with Gasteiger partial charge in [-0.2, -0.15) is 0 Å². The zero-order valence-corrected chi connectivity index (χ0v) is 11.4. The zero-order chi connectivity index (χ0) is 13.3. The highest BCUT2D eigenvalue weighted by atomic mass is 16.5. The topological polar surface area (TPSA) is 56.1 Å². The van der Waals surface area contributed by atoms with Crippen LogP contribution in [-0.2, 0) is 16.1 Å². The Hall–Kier alpha value is -1.36. The molecule has 0 atom stereocenters. The van der Waals surface area contributed by atoms with E-state index in [0.29, 0.717) is 12.6 Å². The minimum absolute atomic E-state index is 0.00351. The van der Waals surface area contributed by atoms with E-state index < -0.39 is 0 Å². The van der Waals surface area contributed by atoms with E-state index in [4.69, 9.17) is 4.74 Å². The van der Waals surface area contributed by atoms with Crippen LogP contribution in [0.4, 0.5) is 0 Å². The van der Waals surface area contributed by atoms with Crippen LogP contribution in [0.1, 0.15) is 38.5 Å². The molecular formula is C14H23N3O2. The van der Waals surface area contributed by atoms with Gasteiger partial charge in [-0.05, 0) is 19.3 Å². The van der Waals surface area contributed by atoms with E-state index in [1.54, 1.807) is 12.5 Å². The van der Waals surface area contributed by atoms with Crippen LogP contribution in [0.15, 0.2) is 18.7 Å². The Kier molecular flexibility index (Phi) is 5.88. The van der Waals surface area contributed by atoms with Crippen molar-refractivity contribution in [2.45, 2.75) is 51.2 Å². The number of hydrogen-bond donors (Lipinski definition) is 1. The van der Waals surface area contributed by atoms with Crippen LogP contribution in [0.25, 0.3) is 0 Å². The molecule has 1 aromatic heterocycles. The lowest BCUT2D eigenvalue weighted by Crippen LogP contribution is -2.31. The third kappa shape index (κ3) is 5.42. The first-order valence-corrected chi connectivity index (χ1v) is 7.18. The number of aryl methyl sites for hydroxylation is 1. The number of aromatic nitrogens is 2. The van der Waals surface area contributed by atoms with Gasteiger partial charge in [-0.1, -0.05) is 19.3 Å². The number of nitrogens with one attached hydrogen (secondary N) is 1. The average Bonchev–Trinajstić information content (AvgIpc) is 2.96. The summed E-state index contributed by atoms with van der Waals surface area (Å²) in [6.07, 6.45) is 12.7. The molecule has 1 aliphatic rings. The van der Waals surface area contributed by atoms with E-state index >= 15 is 0 Å². The van der Waals surface area contributed by atoms with Crippen molar-refractivity contribution in [3.05, 3.63) is 18.7 Å². The summed E-state index contributed by atoms with van der Waals surface area (Å²) in [4.78, 5) is 15.6. The number of imidazole rings is 1. The summed E-state index contributed by atoms with van der Waals surface area (Å²) < 4.78 is 7.63. The van der Waals surface area contributed by atoms with Crippen LogP contribution in [0.2, 0.25) is 0 Å². The third-order valence-corrected chi connectivity index (χ3v) is 3.48. The van der Waals surface area contributed by atoms with Gasteiger partial charge in [-0.25, -0.2) is 4.98 Å². The van der Waals surface area contributed by atoms with Crippen molar-refractivity contribution < 1.29 is 9.53 Å². The van der Waals surface area contributed by atoms with Crippen molar-refractivity contribution in [1.82, 2.24) is 14.9 Å². The number of ether oxygens (including phenoxy) is 1. The van der Waals surface area contributed by atoms with Gasteiger partial charge in [-0.15, -0.1) is 0 Å². The molecule has 1 fully saturated rings. The normalized spacial score (nSPS) is 16.4. The molecule has 5 nitrogen and oxygen atoms in total. The molecular weight excluding hydrogens is 242 g/mol. The summed E-state index contributed by atoms with van der Waals surface area (Å²) in [5.74, 6) is -0.00351. The number of amides is 1. The highest BCUT2D eigenvalue weighted by molar-refractivity contribution is 5.77. The van der Waals surface area contributed by atoms with Crippen LogP contribution in [0.3, 0.4) is 0 Å². The second kappa shape index (κ2) is 7.94. The minimum Gasteiger partial charge on any atom is -0.368 e. The predicted octanol–water partition coefficient (Wildman–Crippen LogP) is 1.74. The van der Waals surface area contributed by atoms with Crippen molar-refractivity contribution >= 4 is 5.91 Å². The summed E-state index contributed by atoms with van der Waals surface area (Å²) in [6.45, 7) is 1.77. The van der Waals surface area contributed by atoms with Crippen molar-refractivity contribution in [1.29, 1.82) is 0 Å². The van der Waals surface area contributed by atoms with Gasteiger partial charge in [0.2, 0.25) is 5.91 Å². The number of rotatable bonds is 7. The van der Waals surface area contributed by atoms with Gasteiger partial charge in [0.25, 0.3) is 0 Å². The fourth-order valence-corrected chi connectivity index (χ4v) is 2.38. The maximum atomic E-state index is 11.6. The Balaban J connectivity index is 1.49. The SMILES string of the molecule is O=C(COC1CCCCC1)NCCCn1ccnc1. The van der Waals surface area contributed by atoms with Crippen molar-refractivity contribution in [3.8, 4) is 0 Å². The summed E-state index contributed by atoms with van der Waals surface area (Å²) in [7, 11) is 0. The fourth-order valence-electron chi connectivity index (χ4n) is 2.38. The van der Waals surface area contributed by atoms with E-state index in [9.17, 15) is 4.79 Å². The first-order valence-electron chi connectivity index (χ1n) is 7.18. The summed E-state index contributed by atoms with van der Waals surface area (Å²) in [5, 5.41) is 2.89. The highest BCUT2D eigenvalue weighted by Gasteiger charge is 2.14. The number of carbonyl (C=O) groups excluding carboxylic acids is 1. The molecule has 19 heavy (non-hydrogen) atoms. The smallest absolute Gasteiger partial charge is 0.246 e. The first-order chi connectivity index (χ1) is 9.34. The molecule has 1 heterocycles. The minimum atomic E-state index is -0.00351. The van der Waals surface area contributed by atoms with Crippen LogP contribution in [-0.4, -0.2) is 34.7 Å². The first kappa shape index (κ1) is 14.1. The quantitative estimate of drug-likeness (QED) is 0.764. The molecule has 0 unspecified atom stereocenters. The number of hydrogen-bond acceptors (Lipinski definition) is 3. The third-order valence-electron chi connectivity index (χ3n) is 3.48. The predicted molar refractivity (Wildman–Crippen MR) is 72.7 cm³/mol. The molecule has 1 aromatic rings. The number of carbonyl (C=O) groups is 1. The van der Waals surface area contributed by atoms with Gasteiger partial charge < -0.3 is 14.6 Å². The molecule has 0 aromatic carbocycles. The molecule has 0 radical (unpaired) electrons. The maximum absolute atomic E-state index is 11.6. The van der Waals surface area contributed by atoms with Gasteiger partial charge in [0.05, 0.1) is 12.4 Å². The standard InChI is InChI=1S/C14H23N3O2/c18-14(11-19-13-5-2-1-3-6-13)16-7-4-9-17-10-8-15-12-17/h8,10,12-13H,1-7,9,11H2,(H,16,18). The van der Waals surface area contributed by atoms with Crippen LogP contribution in [0, 0.1) is 0 Å². The van der Waals surface area contributed by atoms with Crippen molar-refractivity contribution in [2.24, 2.45) is 0 Å². The van der Waals surface area contributed by atoms with Gasteiger partial charge >= 0.3 is 0 Å². The van der Waals surface area contributed by atoms with Crippen molar-refractivity contribution in [2.75, 3.05) is 13.2 Å². The van der Waals surface area contributed by atoms with E-state index in [-0.39, 0.29) is 12.5 Å². The Bertz CT molecular complexity index is 359. The monoisotopic (exact) mass is 265 g/mol. The second-order valence-corrected chi connectivity index (χ2v) is 5.08. The van der Waals surface area contributed by atoms with Crippen LogP contribution in [0.5, 0.6) is 0 Å². The van der Waals surface area contributed by atoms with E-state index in [2.05, 4.69) is 10.3 Å². The molecule has 1 N–H and O–H groups in total. The van der Waals surface area contributed by atoms with Gasteiger partial charge in [-0.3, -0.25) is 4.79 Å². The molecule has 2 rings (SSSR count). The Morgan fingerprint density at radius 1 is 1.37 bits per heavy atom. The lowest BCUT2D eigenvalue weighted by Gasteiger charge is -2.21. The van der Waals surface area contributed by atoms with E-state index in [1.807, 2.05) is 10.8 Å². The highest BCUT2D eigenvalue weighted by Crippen LogP contribution is 2.19. The largest absolute Gasteiger partial charge is 0.368 e. The van der Waals surface area contributed by atoms with Gasteiger partial charge in [0.1, 0.15) is 6.61 Å². The number of nitrogens with zero attached hydrogens (tertiary/aromatic N) is 2. The Labute approximate surface area is 114 Å². The van der Waals surface area contributed by atoms with Gasteiger partial charge in [0, 0.05) is 25.5 Å². The maximum Gasteiger partial charge on any atom is 0.246 e. The van der Waals surface area contributed by atoms with Gasteiger partial charge in [0.15, 0.2) is 0 Å². The van der Waals surface area contributed by atoms with Crippen LogP contribution >= 0.6 is 0 Å². The fraction of sp³-hybridized carbons (Fsp3) is 0.714. The van der Waals surface area contributed by atoms with Crippen LogP contribution < -0.4 is 5.32 Å². The molecule has 1 amide bonds. The molecule has 0 aliphatic heterocycles. The Morgan fingerprint density at radius 3 is 2.95 bits per heavy atom. The molecule has 0 bridgehead atoms. The molecule has 1 aliphatic carbocycles.